The molecule has 1 aliphatic heterocycles. The van der Waals surface area contributed by atoms with E-state index in [1.165, 1.54) is 11.1 Å². The number of aliphatic hydroxyl groups excluding tert-OH is 1. The monoisotopic (exact) mass is 947 g/mol. The number of β-amino-alcohol motifs (C(OH)–C–C–N with tert-alkyl or cyclic N) is 1. The van der Waals surface area contributed by atoms with Gasteiger partial charge in [-0.3, -0.25) is 24.2 Å². The van der Waals surface area contributed by atoms with Crippen molar-refractivity contribution in [3.63, 3.8) is 0 Å². The minimum atomic E-state index is -1.00. The number of likely N-dealkylation sites (N-methyl/N-ethyl adjacent to an activating group) is 1. The maximum absolute atomic E-state index is 14.0. The Morgan fingerprint density at radius 3 is 2.38 bits per heavy atom. The van der Waals surface area contributed by atoms with Crippen molar-refractivity contribution in [2.75, 3.05) is 69.1 Å². The first-order valence-electron chi connectivity index (χ1n) is 22.1. The van der Waals surface area contributed by atoms with Crippen LogP contribution in [-0.2, 0) is 35.2 Å². The molecule has 0 saturated carbocycles. The van der Waals surface area contributed by atoms with Gasteiger partial charge in [0.1, 0.15) is 42.5 Å². The van der Waals surface area contributed by atoms with Crippen LogP contribution in [0.5, 0.6) is 0 Å². The number of rotatable bonds is 20. The molecule has 2 aromatic carbocycles. The number of nitrogens with one attached hydrogen (secondary N) is 4. The summed E-state index contributed by atoms with van der Waals surface area (Å²) >= 11 is 1.56. The van der Waals surface area contributed by atoms with Crippen LogP contribution in [0.4, 0.5) is 23.0 Å². The van der Waals surface area contributed by atoms with Gasteiger partial charge in [0.15, 0.2) is 11.5 Å². The summed E-state index contributed by atoms with van der Waals surface area (Å²) in [4.78, 5) is 79.2. The number of amides is 4. The van der Waals surface area contributed by atoms with Gasteiger partial charge in [0.05, 0.1) is 47.8 Å². The number of aliphatic hydroxyl groups is 1. The topological polar surface area (TPSA) is 256 Å². The van der Waals surface area contributed by atoms with Gasteiger partial charge in [0.2, 0.25) is 23.6 Å². The molecular weight excluding hydrogens is 891 g/mol. The van der Waals surface area contributed by atoms with E-state index < -0.39 is 41.3 Å². The van der Waals surface area contributed by atoms with Crippen molar-refractivity contribution in [2.24, 2.45) is 5.41 Å². The fraction of sp³-hybridized carbons (Fsp3) is 0.383. The quantitative estimate of drug-likeness (QED) is 0.0601. The van der Waals surface area contributed by atoms with Crippen molar-refractivity contribution >= 4 is 63.6 Å². The van der Waals surface area contributed by atoms with Crippen LogP contribution in [0.15, 0.2) is 85.0 Å². The van der Waals surface area contributed by atoms with Crippen LogP contribution < -0.4 is 31.9 Å². The summed E-state index contributed by atoms with van der Waals surface area (Å²) in [6.07, 6.45) is 7.57. The second-order valence-electron chi connectivity index (χ2n) is 17.5. The molecule has 20 nitrogen and oxygen atoms in total. The van der Waals surface area contributed by atoms with E-state index in [1.807, 2.05) is 105 Å². The fourth-order valence-corrected chi connectivity index (χ4v) is 8.36. The standard InChI is InChI=1S/C47H57N13O7S/c1-29-41(68-28-53-29)31-8-6-30(7-9-31)21-52-45(64)37-20-34(61)24-60(37)46(65)42(47(2,3)4)57-40(63)27-67-19-18-66-26-39(62)50-14-16-58(5)33-12-10-32(11-13-33)54-43-44-51-15-17-59(44)25-36(56-43)35-22-49-23-38(48)55-35/h6-13,15,17,22-23,25,28,34,37,42,61H,14,16,18-21,24,26-27H2,1-5H3,(H2,48,55)(H,50,62)(H,52,64)(H,54,56)(H,57,63)/t34-,37+,42-/m1/s1. The largest absolute Gasteiger partial charge is 0.391 e. The minimum Gasteiger partial charge on any atom is -0.391 e. The third kappa shape index (κ3) is 12.7. The Bertz CT molecular complexity index is 2690. The number of hydrogen-bond acceptors (Lipinski definition) is 16. The maximum atomic E-state index is 14.0. The summed E-state index contributed by atoms with van der Waals surface area (Å²) in [5, 5.41) is 22.4. The molecule has 6 aromatic rings. The van der Waals surface area contributed by atoms with Crippen molar-refractivity contribution < 1.29 is 33.8 Å². The van der Waals surface area contributed by atoms with Crippen molar-refractivity contribution in [3.05, 3.63) is 96.3 Å². The van der Waals surface area contributed by atoms with E-state index in [4.69, 9.17) is 20.2 Å². The summed E-state index contributed by atoms with van der Waals surface area (Å²) in [5.41, 5.74) is 13.3. The first-order valence-corrected chi connectivity index (χ1v) is 23.0. The Labute approximate surface area is 397 Å². The van der Waals surface area contributed by atoms with Crippen molar-refractivity contribution in [1.82, 2.24) is 50.2 Å². The van der Waals surface area contributed by atoms with Gasteiger partial charge in [-0.05, 0) is 47.7 Å². The average Bonchev–Trinajstić information content (AvgIpc) is 4.08. The van der Waals surface area contributed by atoms with Crippen molar-refractivity contribution in [3.8, 4) is 21.8 Å². The molecule has 7 rings (SSSR count). The number of nitrogen functional groups attached to an aromatic ring is 1. The lowest BCUT2D eigenvalue weighted by Crippen LogP contribution is -2.58. The first kappa shape index (κ1) is 48.9. The number of thiazole rings is 1. The number of ether oxygens (including phenoxy) is 2. The number of fused-ring (bicyclic) bond motifs is 1. The van der Waals surface area contributed by atoms with Crippen LogP contribution in [0.25, 0.3) is 27.5 Å². The lowest BCUT2D eigenvalue weighted by molar-refractivity contribution is -0.144. The molecule has 7 N–H and O–H groups in total. The van der Waals surface area contributed by atoms with Gasteiger partial charge >= 0.3 is 0 Å². The van der Waals surface area contributed by atoms with Gasteiger partial charge in [0, 0.05) is 69.6 Å². The Kier molecular flexibility index (Phi) is 15.9. The van der Waals surface area contributed by atoms with Gasteiger partial charge in [-0.25, -0.2) is 19.9 Å². The van der Waals surface area contributed by atoms with E-state index in [9.17, 15) is 24.3 Å². The number of likely N-dealkylation sites (tertiary alicyclic amines) is 1. The van der Waals surface area contributed by atoms with Gasteiger partial charge < -0.3 is 55.8 Å². The van der Waals surface area contributed by atoms with Crippen molar-refractivity contribution in [2.45, 2.75) is 58.8 Å². The third-order valence-corrected chi connectivity index (χ3v) is 12.2. The SMILES string of the molecule is Cc1ncsc1-c1ccc(CNC(=O)[C@@H]2C[C@@H](O)CN2C(=O)[C@@H](NC(=O)COCCOCC(=O)NCCN(C)c2ccc(Nc3nc(-c4cncc(N)n4)cn4ccnc34)cc2)C(C)(C)C)cc1. The lowest BCUT2D eigenvalue weighted by atomic mass is 9.85. The number of aryl methyl sites for hydroxylation is 1. The Morgan fingerprint density at radius 2 is 1.69 bits per heavy atom. The summed E-state index contributed by atoms with van der Waals surface area (Å²) < 4.78 is 12.8. The Morgan fingerprint density at radius 1 is 0.956 bits per heavy atom. The van der Waals surface area contributed by atoms with Gasteiger partial charge in [-0.15, -0.1) is 11.3 Å². The molecule has 0 unspecified atom stereocenters. The number of imidazole rings is 1. The summed E-state index contributed by atoms with van der Waals surface area (Å²) in [7, 11) is 1.92. The predicted octanol–water partition coefficient (Wildman–Crippen LogP) is 3.34. The number of benzene rings is 2. The van der Waals surface area contributed by atoms with E-state index in [2.05, 4.69) is 41.2 Å². The summed E-state index contributed by atoms with van der Waals surface area (Å²) in [6, 6.07) is 13.7. The molecule has 1 aliphatic rings. The zero-order chi connectivity index (χ0) is 48.4. The molecule has 358 valence electrons. The first-order chi connectivity index (χ1) is 32.6. The molecule has 21 heteroatoms. The van der Waals surface area contributed by atoms with Crippen LogP contribution in [0, 0.1) is 12.3 Å². The summed E-state index contributed by atoms with van der Waals surface area (Å²) in [6.45, 7) is 8.02. The van der Waals surface area contributed by atoms with Gasteiger partial charge in [-0.1, -0.05) is 45.0 Å². The van der Waals surface area contributed by atoms with E-state index in [1.54, 1.807) is 29.2 Å². The van der Waals surface area contributed by atoms with Crippen LogP contribution in [0.1, 0.15) is 38.4 Å². The zero-order valence-electron chi connectivity index (χ0n) is 38.6. The number of carbonyl (C=O) groups is 4. The molecule has 4 aromatic heterocycles. The van der Waals surface area contributed by atoms with Crippen molar-refractivity contribution in [1.29, 1.82) is 0 Å². The molecular formula is C47H57N13O7S. The average molecular weight is 948 g/mol. The van der Waals surface area contributed by atoms with Gasteiger partial charge in [0.25, 0.3) is 0 Å². The molecule has 0 aliphatic carbocycles. The molecule has 4 amide bonds. The highest BCUT2D eigenvalue weighted by Crippen LogP contribution is 2.29. The second kappa shape index (κ2) is 22.2. The minimum absolute atomic E-state index is 0.0297. The number of nitrogens with two attached hydrogens (primary N) is 1. The number of anilines is 4. The predicted molar refractivity (Wildman–Crippen MR) is 258 cm³/mol. The number of hydrogen-bond donors (Lipinski definition) is 6. The third-order valence-electron chi connectivity index (χ3n) is 11.2. The Balaban J connectivity index is 0.789. The number of nitrogens with zero attached hydrogens (tertiary/aromatic N) is 8. The normalized spacial score (nSPS) is 15.2. The second-order valence-corrected chi connectivity index (χ2v) is 18.3. The number of carbonyl (C=O) groups excluding carboxylic acids is 4. The van der Waals surface area contributed by atoms with Crippen LogP contribution in [0.2, 0.25) is 0 Å². The highest BCUT2D eigenvalue weighted by molar-refractivity contribution is 7.13. The highest BCUT2D eigenvalue weighted by atomic mass is 32.1. The molecule has 0 bridgehead atoms. The maximum Gasteiger partial charge on any atom is 0.246 e. The molecule has 68 heavy (non-hydrogen) atoms. The van der Waals surface area contributed by atoms with E-state index in [0.717, 1.165) is 33.1 Å². The molecule has 0 spiro atoms. The van der Waals surface area contributed by atoms with E-state index in [-0.39, 0.29) is 51.8 Å². The molecule has 1 fully saturated rings. The highest BCUT2D eigenvalue weighted by Gasteiger charge is 2.44. The summed E-state index contributed by atoms with van der Waals surface area (Å²) in [5.74, 6) is -0.875. The van der Waals surface area contributed by atoms with Crippen LogP contribution in [-0.4, -0.2) is 134 Å². The van der Waals surface area contributed by atoms with Crippen LogP contribution >= 0.6 is 11.3 Å². The fourth-order valence-electron chi connectivity index (χ4n) is 7.55. The Hall–Kier alpha value is -7.07. The zero-order valence-corrected chi connectivity index (χ0v) is 39.5. The van der Waals surface area contributed by atoms with E-state index >= 15 is 0 Å². The van der Waals surface area contributed by atoms with E-state index in [0.29, 0.717) is 41.8 Å². The molecule has 0 radical (unpaired) electrons. The molecule has 5 heterocycles. The smallest absolute Gasteiger partial charge is 0.246 e. The molecule has 3 atom stereocenters. The number of aromatic nitrogens is 6. The lowest BCUT2D eigenvalue weighted by Gasteiger charge is -2.35. The van der Waals surface area contributed by atoms with Gasteiger partial charge in [-0.2, -0.15) is 0 Å². The van der Waals surface area contributed by atoms with Crippen LogP contribution in [0.3, 0.4) is 0 Å². The molecule has 1 saturated heterocycles.